The maximum Gasteiger partial charge on any atom is 1.00 e. The summed E-state index contributed by atoms with van der Waals surface area (Å²) in [6, 6.07) is 0. The molecule has 1 fully saturated rings. The molecular weight excluding hydrogens is 333 g/mol. The Balaban J connectivity index is 0. The monoisotopic (exact) mass is 348 g/mol. The topological polar surface area (TPSA) is 172 Å². The zero-order chi connectivity index (χ0) is 14.8. The van der Waals surface area contributed by atoms with Crippen molar-refractivity contribution in [3.63, 3.8) is 0 Å². The third kappa shape index (κ3) is 7.53. The summed E-state index contributed by atoms with van der Waals surface area (Å²) in [6.45, 7) is -0.953. The molecule has 0 aromatic carbocycles. The number of phosphoric ester groups is 1. The first-order valence-electron chi connectivity index (χ1n) is 5.24. The largest absolute Gasteiger partial charge is 1.00 e. The fourth-order valence-corrected chi connectivity index (χ4v) is 1.98. The van der Waals surface area contributed by atoms with Gasteiger partial charge in [0.1, 0.15) is 30.5 Å². The van der Waals surface area contributed by atoms with Gasteiger partial charge >= 0.3 is 59.1 Å². The molecule has 0 radical (unpaired) electrons. The van der Waals surface area contributed by atoms with Crippen LogP contribution >= 0.6 is 7.82 Å². The first kappa shape index (κ1) is 25.1. The van der Waals surface area contributed by atoms with E-state index in [0.717, 1.165) is 7.11 Å². The Labute approximate surface area is 165 Å². The molecule has 0 aliphatic carbocycles. The van der Waals surface area contributed by atoms with E-state index in [-0.39, 0.29) is 59.1 Å². The number of hydrogen-bond donors (Lipinski definition) is 4. The number of hydrogen-bond acceptors (Lipinski definition) is 10. The summed E-state index contributed by atoms with van der Waals surface area (Å²) in [4.78, 5) is 20.5. The first-order chi connectivity index (χ1) is 8.67. The molecular formula is C8H15Na2O10P. The van der Waals surface area contributed by atoms with Gasteiger partial charge in [-0.1, -0.05) is 0 Å². The average molecular weight is 348 g/mol. The van der Waals surface area contributed by atoms with E-state index in [1.807, 2.05) is 0 Å². The summed E-state index contributed by atoms with van der Waals surface area (Å²) in [5, 5.41) is 38.1. The molecule has 1 heterocycles. The number of aliphatic hydroxyl groups is 4. The Morgan fingerprint density at radius 1 is 1.19 bits per heavy atom. The van der Waals surface area contributed by atoms with E-state index in [9.17, 15) is 34.8 Å². The maximum atomic E-state index is 10.3. The zero-order valence-electron chi connectivity index (χ0n) is 11.9. The van der Waals surface area contributed by atoms with E-state index in [2.05, 4.69) is 9.26 Å². The fourth-order valence-electron chi connectivity index (χ4n) is 1.65. The Bertz CT molecular complexity index is 339. The molecule has 1 aliphatic heterocycles. The predicted molar refractivity (Wildman–Crippen MR) is 53.3 cm³/mol. The van der Waals surface area contributed by atoms with Gasteiger partial charge in [-0.3, -0.25) is 0 Å². The molecule has 0 unspecified atom stereocenters. The van der Waals surface area contributed by atoms with Gasteiger partial charge in [-0.25, -0.2) is 0 Å². The number of phosphoric acid groups is 1. The standard InChI is InChI=1S/C8H17O10P.2Na/c1-16-8-6(12)4(10)5(11)7(18-8)3(9)2-17-19(13,14)15;;/h3-12H,2H2,1H3,(H2,13,14,15);;/q;2*+1/p-2/t3-,4-,5-,6-,7+,8+;;/m0../s1. The Kier molecular flexibility index (Phi) is 12.8. The molecule has 6 atom stereocenters. The van der Waals surface area contributed by atoms with Crippen LogP contribution in [0.3, 0.4) is 0 Å². The number of aliphatic hydroxyl groups excluding tert-OH is 4. The molecule has 1 saturated heterocycles. The van der Waals surface area contributed by atoms with Crippen molar-refractivity contribution in [1.29, 1.82) is 0 Å². The van der Waals surface area contributed by atoms with Crippen LogP contribution in [0.15, 0.2) is 0 Å². The van der Waals surface area contributed by atoms with E-state index in [1.165, 1.54) is 0 Å². The molecule has 10 nitrogen and oxygen atoms in total. The van der Waals surface area contributed by atoms with Crippen molar-refractivity contribution in [3.05, 3.63) is 0 Å². The van der Waals surface area contributed by atoms with E-state index in [4.69, 9.17) is 4.74 Å². The summed E-state index contributed by atoms with van der Waals surface area (Å²) in [6.07, 6.45) is -9.47. The van der Waals surface area contributed by atoms with Crippen LogP contribution < -0.4 is 68.9 Å². The van der Waals surface area contributed by atoms with Crippen molar-refractivity contribution in [3.8, 4) is 0 Å². The minimum Gasteiger partial charge on any atom is -0.790 e. The summed E-state index contributed by atoms with van der Waals surface area (Å²) in [5.41, 5.74) is 0. The van der Waals surface area contributed by atoms with Crippen molar-refractivity contribution in [2.45, 2.75) is 36.8 Å². The molecule has 1 aliphatic rings. The van der Waals surface area contributed by atoms with E-state index in [1.54, 1.807) is 0 Å². The van der Waals surface area contributed by atoms with Gasteiger partial charge in [-0.05, 0) is 0 Å². The summed E-state index contributed by atoms with van der Waals surface area (Å²) < 4.78 is 23.7. The van der Waals surface area contributed by atoms with Gasteiger partial charge < -0.3 is 48.8 Å². The van der Waals surface area contributed by atoms with Crippen molar-refractivity contribution < 1.29 is 108 Å². The molecule has 21 heavy (non-hydrogen) atoms. The Morgan fingerprint density at radius 3 is 2.14 bits per heavy atom. The third-order valence-corrected chi connectivity index (χ3v) is 3.09. The van der Waals surface area contributed by atoms with E-state index < -0.39 is 51.2 Å². The van der Waals surface area contributed by atoms with Crippen LogP contribution in [0, 0.1) is 0 Å². The molecule has 0 aromatic heterocycles. The predicted octanol–water partition coefficient (Wildman–Crippen LogP) is -10.3. The van der Waals surface area contributed by atoms with Crippen molar-refractivity contribution >= 4 is 7.82 Å². The molecule has 0 amide bonds. The van der Waals surface area contributed by atoms with Gasteiger partial charge in [0.25, 0.3) is 0 Å². The molecule has 0 aromatic rings. The van der Waals surface area contributed by atoms with Crippen LogP contribution in [0.2, 0.25) is 0 Å². The normalized spacial score (nSPS) is 34.5. The van der Waals surface area contributed by atoms with Gasteiger partial charge in [0.2, 0.25) is 0 Å². The number of ether oxygens (including phenoxy) is 2. The van der Waals surface area contributed by atoms with E-state index in [0.29, 0.717) is 0 Å². The average Bonchev–Trinajstić information content (AvgIpc) is 2.33. The first-order valence-corrected chi connectivity index (χ1v) is 6.70. The quantitative estimate of drug-likeness (QED) is 0.276. The van der Waals surface area contributed by atoms with Crippen LogP contribution in [0.1, 0.15) is 0 Å². The third-order valence-electron chi connectivity index (χ3n) is 2.62. The van der Waals surface area contributed by atoms with Crippen molar-refractivity contribution in [2.75, 3.05) is 13.7 Å². The molecule has 1 rings (SSSR count). The van der Waals surface area contributed by atoms with Crippen LogP contribution in [0.25, 0.3) is 0 Å². The molecule has 4 N–H and O–H groups in total. The fraction of sp³-hybridized carbons (Fsp3) is 1.00. The van der Waals surface area contributed by atoms with E-state index >= 15 is 0 Å². The minimum atomic E-state index is -5.28. The van der Waals surface area contributed by atoms with Crippen molar-refractivity contribution in [2.24, 2.45) is 0 Å². The van der Waals surface area contributed by atoms with Gasteiger partial charge in [0.15, 0.2) is 6.29 Å². The van der Waals surface area contributed by atoms with Crippen LogP contribution in [-0.4, -0.2) is 71.0 Å². The summed E-state index contributed by atoms with van der Waals surface area (Å²) in [7, 11) is -4.13. The van der Waals surface area contributed by atoms with Crippen molar-refractivity contribution in [1.82, 2.24) is 0 Å². The van der Waals surface area contributed by atoms with Crippen LogP contribution in [0.5, 0.6) is 0 Å². The molecule has 13 heteroatoms. The smallest absolute Gasteiger partial charge is 0.790 e. The second-order valence-electron chi connectivity index (χ2n) is 3.99. The molecule has 0 spiro atoms. The van der Waals surface area contributed by atoms with Crippen LogP contribution in [0.4, 0.5) is 0 Å². The van der Waals surface area contributed by atoms with Gasteiger partial charge in [-0.2, -0.15) is 0 Å². The molecule has 0 bridgehead atoms. The Hall–Kier alpha value is 1.87. The summed E-state index contributed by atoms with van der Waals surface area (Å²) in [5.74, 6) is 0. The Morgan fingerprint density at radius 2 is 1.71 bits per heavy atom. The number of methoxy groups -OCH3 is 1. The molecule has 114 valence electrons. The summed E-state index contributed by atoms with van der Waals surface area (Å²) >= 11 is 0. The number of rotatable bonds is 5. The second kappa shape index (κ2) is 10.7. The second-order valence-corrected chi connectivity index (χ2v) is 5.14. The van der Waals surface area contributed by atoms with Gasteiger partial charge in [0, 0.05) is 7.11 Å². The van der Waals surface area contributed by atoms with Crippen LogP contribution in [-0.2, 0) is 18.6 Å². The maximum absolute atomic E-state index is 10.3. The minimum absolute atomic E-state index is 0. The SMILES string of the molecule is CO[C@@H]1O[C@H]([C@@H](O)COP(=O)([O-])[O-])[C@@H](O)[C@H](O)[C@@H]1O.[Na+].[Na+]. The van der Waals surface area contributed by atoms with Gasteiger partial charge in [0.05, 0.1) is 14.4 Å². The van der Waals surface area contributed by atoms with Gasteiger partial charge in [-0.15, -0.1) is 0 Å². The zero-order valence-corrected chi connectivity index (χ0v) is 16.8. The molecule has 0 saturated carbocycles.